The molecule has 0 aliphatic heterocycles. The number of nitrogens with zero attached hydrogens (tertiary/aromatic N) is 2. The number of aryl methyl sites for hydroxylation is 1. The Morgan fingerprint density at radius 2 is 1.96 bits per heavy atom. The van der Waals surface area contributed by atoms with Crippen molar-refractivity contribution in [3.63, 3.8) is 0 Å². The standard InChI is InChI=1S/C21H27FN2O/c1-6-17-12-19(21(25)14-23(5)13-15(3)4)20(7-2)24(17)18-10-8-16(22)9-11-18/h8,10,12,15H,6-7,13-14H2,1-5H3. The van der Waals surface area contributed by atoms with Crippen LogP contribution in [0, 0.1) is 23.9 Å². The van der Waals surface area contributed by atoms with E-state index in [2.05, 4.69) is 37.8 Å². The molecule has 1 aromatic carbocycles. The molecule has 134 valence electrons. The van der Waals surface area contributed by atoms with E-state index in [1.54, 1.807) is 6.07 Å². The summed E-state index contributed by atoms with van der Waals surface area (Å²) in [6.45, 7) is 9.66. The van der Waals surface area contributed by atoms with Gasteiger partial charge in [0.05, 0.1) is 12.2 Å². The van der Waals surface area contributed by atoms with Crippen molar-refractivity contribution in [2.75, 3.05) is 20.1 Å². The molecule has 0 bridgehead atoms. The van der Waals surface area contributed by atoms with Gasteiger partial charge in [0, 0.05) is 23.5 Å². The van der Waals surface area contributed by atoms with E-state index in [1.165, 1.54) is 6.07 Å². The van der Waals surface area contributed by atoms with Crippen molar-refractivity contribution in [1.82, 2.24) is 9.47 Å². The summed E-state index contributed by atoms with van der Waals surface area (Å²) in [6.07, 6.45) is 1.51. The van der Waals surface area contributed by atoms with Crippen LogP contribution in [0.2, 0.25) is 0 Å². The Morgan fingerprint density at radius 1 is 1.24 bits per heavy atom. The quantitative estimate of drug-likeness (QED) is 0.675. The summed E-state index contributed by atoms with van der Waals surface area (Å²) in [5.41, 5.74) is 3.47. The van der Waals surface area contributed by atoms with Crippen LogP contribution in [-0.2, 0) is 12.8 Å². The summed E-state index contributed by atoms with van der Waals surface area (Å²) in [5, 5.41) is 0. The average molecular weight is 342 g/mol. The van der Waals surface area contributed by atoms with E-state index in [9.17, 15) is 9.18 Å². The fourth-order valence-corrected chi connectivity index (χ4v) is 3.27. The zero-order chi connectivity index (χ0) is 18.6. The highest BCUT2D eigenvalue weighted by atomic mass is 19.1. The van der Waals surface area contributed by atoms with E-state index in [4.69, 9.17) is 0 Å². The van der Waals surface area contributed by atoms with E-state index in [0.29, 0.717) is 12.5 Å². The molecular weight excluding hydrogens is 315 g/mol. The first kappa shape index (κ1) is 19.2. The molecule has 25 heavy (non-hydrogen) atoms. The van der Waals surface area contributed by atoms with Crippen molar-refractivity contribution in [3.8, 4) is 5.69 Å². The van der Waals surface area contributed by atoms with Gasteiger partial charge in [-0.2, -0.15) is 4.39 Å². The van der Waals surface area contributed by atoms with Crippen molar-refractivity contribution < 1.29 is 9.18 Å². The van der Waals surface area contributed by atoms with E-state index < -0.39 is 5.82 Å². The highest BCUT2D eigenvalue weighted by Gasteiger charge is 2.20. The molecule has 0 spiro atoms. The Kier molecular flexibility index (Phi) is 6.39. The summed E-state index contributed by atoms with van der Waals surface area (Å²) < 4.78 is 15.2. The van der Waals surface area contributed by atoms with Gasteiger partial charge in [0.25, 0.3) is 0 Å². The fourth-order valence-electron chi connectivity index (χ4n) is 3.27. The molecule has 2 rings (SSSR count). The van der Waals surface area contributed by atoms with Gasteiger partial charge in [0.2, 0.25) is 0 Å². The minimum absolute atomic E-state index is 0.125. The third-order valence-corrected chi connectivity index (χ3v) is 4.21. The first-order chi connectivity index (χ1) is 11.9. The lowest BCUT2D eigenvalue weighted by Crippen LogP contribution is -2.29. The minimum Gasteiger partial charge on any atom is -0.310 e. The molecule has 0 atom stereocenters. The number of likely N-dealkylation sites (N-methyl/N-ethyl adjacent to an activating group) is 1. The second-order valence-corrected chi connectivity index (χ2v) is 6.87. The Morgan fingerprint density at radius 3 is 2.48 bits per heavy atom. The third-order valence-electron chi connectivity index (χ3n) is 4.21. The van der Waals surface area contributed by atoms with Crippen LogP contribution in [0.1, 0.15) is 49.4 Å². The second-order valence-electron chi connectivity index (χ2n) is 6.87. The van der Waals surface area contributed by atoms with Crippen LogP contribution in [-0.4, -0.2) is 35.4 Å². The molecule has 3 nitrogen and oxygen atoms in total. The summed E-state index contributed by atoms with van der Waals surface area (Å²) >= 11 is 0. The molecule has 0 saturated carbocycles. The monoisotopic (exact) mass is 342 g/mol. The van der Waals surface area contributed by atoms with Crippen LogP contribution in [0.5, 0.6) is 0 Å². The molecule has 2 aromatic rings. The number of halogens is 1. The minimum atomic E-state index is -0.432. The van der Waals surface area contributed by atoms with E-state index in [0.717, 1.165) is 42.0 Å². The van der Waals surface area contributed by atoms with Crippen molar-refractivity contribution in [2.45, 2.75) is 40.5 Å². The summed E-state index contributed by atoms with van der Waals surface area (Å²) in [5.74, 6) is 0.210. The highest BCUT2D eigenvalue weighted by Crippen LogP contribution is 2.23. The number of hydrogen-bond donors (Lipinski definition) is 0. The smallest absolute Gasteiger partial charge is 0.178 e. The Hall–Kier alpha value is -2.12. The number of rotatable bonds is 8. The van der Waals surface area contributed by atoms with Gasteiger partial charge in [-0.25, -0.2) is 0 Å². The first-order valence-corrected chi connectivity index (χ1v) is 8.92. The fraction of sp³-hybridized carbons (Fsp3) is 0.476. The van der Waals surface area contributed by atoms with Gasteiger partial charge in [0.1, 0.15) is 0 Å². The number of hydrogen-bond acceptors (Lipinski definition) is 2. The second kappa shape index (κ2) is 8.31. The van der Waals surface area contributed by atoms with Crippen LogP contribution >= 0.6 is 0 Å². The van der Waals surface area contributed by atoms with Crippen LogP contribution in [0.25, 0.3) is 5.69 Å². The third kappa shape index (κ3) is 4.49. The normalized spacial score (nSPS) is 11.2. The molecule has 0 saturated heterocycles. The lowest BCUT2D eigenvalue weighted by atomic mass is 10.1. The highest BCUT2D eigenvalue weighted by molar-refractivity contribution is 5.99. The van der Waals surface area contributed by atoms with Gasteiger partial charge in [-0.05, 0) is 56.1 Å². The largest absolute Gasteiger partial charge is 0.310 e. The number of carbonyl (C=O) groups excluding carboxylic acids is 1. The molecule has 0 aliphatic rings. The predicted octanol–water partition coefficient (Wildman–Crippen LogP) is 4.11. The Labute approximate surface area is 150 Å². The van der Waals surface area contributed by atoms with E-state index in [1.807, 2.05) is 24.6 Å². The molecule has 1 aromatic heterocycles. The molecule has 0 amide bonds. The zero-order valence-corrected chi connectivity index (χ0v) is 15.8. The Bertz CT molecular complexity index is 716. The molecule has 0 radical (unpaired) electrons. The maximum Gasteiger partial charge on any atom is 0.178 e. The van der Waals surface area contributed by atoms with Crippen molar-refractivity contribution >= 4 is 5.78 Å². The number of aromatic nitrogens is 1. The molecule has 0 fully saturated rings. The number of Topliss-reactive ketones (excluding diaryl/α,β-unsaturated/α-hetero) is 1. The van der Waals surface area contributed by atoms with Crippen LogP contribution in [0.4, 0.5) is 4.39 Å². The van der Waals surface area contributed by atoms with Crippen LogP contribution < -0.4 is 0 Å². The molecule has 0 N–H and O–H groups in total. The molecule has 0 unspecified atom stereocenters. The molecular formula is C21H27FN2O. The van der Waals surface area contributed by atoms with Gasteiger partial charge in [-0.3, -0.25) is 9.69 Å². The van der Waals surface area contributed by atoms with E-state index in [-0.39, 0.29) is 5.78 Å². The lowest BCUT2D eigenvalue weighted by Gasteiger charge is -2.18. The van der Waals surface area contributed by atoms with Crippen LogP contribution in [0.15, 0.2) is 18.2 Å². The summed E-state index contributed by atoms with van der Waals surface area (Å²) in [7, 11) is 1.98. The molecule has 1 heterocycles. The van der Waals surface area contributed by atoms with Crippen molar-refractivity contribution in [3.05, 3.63) is 53.1 Å². The van der Waals surface area contributed by atoms with Gasteiger partial charge >= 0.3 is 0 Å². The lowest BCUT2D eigenvalue weighted by molar-refractivity contribution is 0.0940. The predicted molar refractivity (Wildman–Crippen MR) is 98.8 cm³/mol. The van der Waals surface area contributed by atoms with Gasteiger partial charge < -0.3 is 4.57 Å². The summed E-state index contributed by atoms with van der Waals surface area (Å²) in [4.78, 5) is 14.9. The topological polar surface area (TPSA) is 25.2 Å². The Balaban J connectivity index is 2.39. The van der Waals surface area contributed by atoms with Crippen LogP contribution in [0.3, 0.4) is 0 Å². The maximum atomic E-state index is 13.2. The van der Waals surface area contributed by atoms with E-state index >= 15 is 0 Å². The number of carbonyl (C=O) groups is 1. The molecule has 4 heteroatoms. The number of ketones is 1. The van der Waals surface area contributed by atoms with Gasteiger partial charge in [-0.1, -0.05) is 27.7 Å². The maximum absolute atomic E-state index is 13.2. The molecule has 0 aliphatic carbocycles. The van der Waals surface area contributed by atoms with Crippen molar-refractivity contribution in [2.24, 2.45) is 5.92 Å². The van der Waals surface area contributed by atoms with Crippen molar-refractivity contribution in [1.29, 1.82) is 0 Å². The SMILES string of the molecule is CCc1cc(C(=O)CN(C)CC(C)C)c(CC)n1-c1c#cc(F)cc1. The zero-order valence-electron chi connectivity index (χ0n) is 15.8. The van der Waals surface area contributed by atoms with Gasteiger partial charge in [0.15, 0.2) is 11.6 Å². The van der Waals surface area contributed by atoms with Gasteiger partial charge in [-0.15, -0.1) is 0 Å². The first-order valence-electron chi connectivity index (χ1n) is 8.92. The average Bonchev–Trinajstić information content (AvgIpc) is 2.93. The summed E-state index contributed by atoms with van der Waals surface area (Å²) in [6, 6.07) is 10.4.